The van der Waals surface area contributed by atoms with Gasteiger partial charge >= 0.3 is 0 Å². The van der Waals surface area contributed by atoms with Crippen LogP contribution >= 0.6 is 0 Å². The van der Waals surface area contributed by atoms with E-state index < -0.39 is 34.4 Å². The van der Waals surface area contributed by atoms with Crippen LogP contribution in [0.15, 0.2) is 84.9 Å². The Kier molecular flexibility index (Phi) is 6.47. The number of nitriles is 1. The Bertz CT molecular complexity index is 1670. The second-order valence-electron chi connectivity index (χ2n) is 8.75. The molecule has 9 nitrogen and oxygen atoms in total. The van der Waals surface area contributed by atoms with Crippen molar-refractivity contribution in [3.05, 3.63) is 117 Å². The van der Waals surface area contributed by atoms with E-state index in [0.717, 1.165) is 28.5 Å². The van der Waals surface area contributed by atoms with E-state index in [1.54, 1.807) is 36.4 Å². The molecule has 4 aromatic rings. The average Bonchev–Trinajstić information content (AvgIpc) is 3.36. The van der Waals surface area contributed by atoms with Gasteiger partial charge in [-0.1, -0.05) is 60.7 Å². The first-order valence-electron chi connectivity index (χ1n) is 11.6. The number of hydrogen-bond donors (Lipinski definition) is 1. The molecule has 0 unspecified atom stereocenters. The van der Waals surface area contributed by atoms with Gasteiger partial charge in [-0.25, -0.2) is 0 Å². The first-order valence-corrected chi connectivity index (χ1v) is 11.6. The van der Waals surface area contributed by atoms with Gasteiger partial charge in [-0.3, -0.25) is 24.5 Å². The van der Waals surface area contributed by atoms with Gasteiger partial charge in [0.05, 0.1) is 22.8 Å². The van der Waals surface area contributed by atoms with Crippen molar-refractivity contribution in [3.8, 4) is 6.07 Å². The minimum Gasteiger partial charge on any atom is -0.368 e. The normalized spacial score (nSPS) is 14.8. The maximum Gasteiger partial charge on any atom is 0.292 e. The van der Waals surface area contributed by atoms with Crippen LogP contribution in [0.4, 0.5) is 11.4 Å². The molecule has 1 N–H and O–H groups in total. The number of ketones is 2. The Labute approximate surface area is 216 Å². The largest absolute Gasteiger partial charge is 0.368 e. The lowest BCUT2D eigenvalue weighted by Gasteiger charge is -2.22. The lowest BCUT2D eigenvalue weighted by atomic mass is 9.84. The molecule has 0 aliphatic carbocycles. The summed E-state index contributed by atoms with van der Waals surface area (Å²) in [5, 5.41) is 24.5. The molecule has 0 spiro atoms. The summed E-state index contributed by atoms with van der Waals surface area (Å²) in [6.07, 6.45) is -0.990. The zero-order chi connectivity index (χ0) is 26.8. The molecule has 0 saturated carbocycles. The molecule has 2 atom stereocenters. The van der Waals surface area contributed by atoms with E-state index in [1.807, 2.05) is 36.4 Å². The van der Waals surface area contributed by atoms with Crippen molar-refractivity contribution >= 4 is 39.6 Å². The lowest BCUT2D eigenvalue weighted by molar-refractivity contribution is -0.384. The zero-order valence-corrected chi connectivity index (χ0v) is 19.8. The number of nitro benzene ring substituents is 1. The highest BCUT2D eigenvalue weighted by molar-refractivity contribution is 6.45. The van der Waals surface area contributed by atoms with Crippen LogP contribution < -0.4 is 5.32 Å². The first-order chi connectivity index (χ1) is 18.4. The van der Waals surface area contributed by atoms with E-state index in [9.17, 15) is 29.8 Å². The van der Waals surface area contributed by atoms with Gasteiger partial charge in [-0.2, -0.15) is 5.26 Å². The Hall–Kier alpha value is -5.20. The lowest BCUT2D eigenvalue weighted by Crippen LogP contribution is -2.38. The molecule has 186 valence electrons. The molecule has 0 radical (unpaired) electrons. The Morgan fingerprint density at radius 2 is 1.71 bits per heavy atom. The Balaban J connectivity index is 1.51. The van der Waals surface area contributed by atoms with Crippen LogP contribution in [-0.2, 0) is 20.9 Å². The molecule has 9 heteroatoms. The number of nitro groups is 1. The molecule has 5 rings (SSSR count). The van der Waals surface area contributed by atoms with Crippen LogP contribution in [0, 0.1) is 27.4 Å². The topological polar surface area (TPSA) is 139 Å². The fourth-order valence-corrected chi connectivity index (χ4v) is 4.58. The first kappa shape index (κ1) is 24.5. The molecular weight excluding hydrogens is 486 g/mol. The van der Waals surface area contributed by atoms with Gasteiger partial charge in [0.25, 0.3) is 11.6 Å². The van der Waals surface area contributed by atoms with E-state index in [2.05, 4.69) is 5.32 Å². The van der Waals surface area contributed by atoms with Gasteiger partial charge in [-0.15, -0.1) is 0 Å². The van der Waals surface area contributed by atoms with E-state index in [0.29, 0.717) is 5.56 Å². The summed E-state index contributed by atoms with van der Waals surface area (Å²) in [5.74, 6) is -4.26. The van der Waals surface area contributed by atoms with E-state index in [-0.39, 0.29) is 29.1 Å². The average molecular weight is 505 g/mol. The van der Waals surface area contributed by atoms with E-state index in [1.165, 1.54) is 6.07 Å². The summed E-state index contributed by atoms with van der Waals surface area (Å²) in [6, 6.07) is 24.7. The van der Waals surface area contributed by atoms with Crippen molar-refractivity contribution in [2.24, 2.45) is 5.92 Å². The van der Waals surface area contributed by atoms with Crippen molar-refractivity contribution < 1.29 is 24.0 Å². The van der Waals surface area contributed by atoms with Crippen molar-refractivity contribution in [3.63, 3.8) is 0 Å². The minimum atomic E-state index is -1.50. The highest BCUT2D eigenvalue weighted by atomic mass is 16.6. The van der Waals surface area contributed by atoms with Gasteiger partial charge in [0, 0.05) is 17.7 Å². The second-order valence-corrected chi connectivity index (χ2v) is 8.75. The third-order valence-corrected chi connectivity index (χ3v) is 6.49. The summed E-state index contributed by atoms with van der Waals surface area (Å²) in [7, 11) is 0. The number of fused-ring (bicyclic) bond motifs is 2. The fraction of sp³-hybridized carbons (Fsp3) is 0.103. The number of carbonyl (C=O) groups excluding carboxylic acids is 3. The molecule has 4 aromatic carbocycles. The van der Waals surface area contributed by atoms with E-state index in [4.69, 9.17) is 4.74 Å². The quantitative estimate of drug-likeness (QED) is 0.124. The highest BCUT2D eigenvalue weighted by Crippen LogP contribution is 2.38. The summed E-state index contributed by atoms with van der Waals surface area (Å²) in [5.41, 5.74) is 1.08. The summed E-state index contributed by atoms with van der Waals surface area (Å²) < 4.78 is 5.88. The number of anilines is 1. The van der Waals surface area contributed by atoms with Crippen molar-refractivity contribution in [1.29, 1.82) is 5.26 Å². The molecule has 1 aliphatic heterocycles. The monoisotopic (exact) mass is 505 g/mol. The smallest absolute Gasteiger partial charge is 0.292 e. The number of nitrogens with one attached hydrogen (secondary N) is 1. The zero-order valence-electron chi connectivity index (χ0n) is 19.8. The molecule has 1 heterocycles. The number of rotatable bonds is 7. The molecule has 38 heavy (non-hydrogen) atoms. The fourth-order valence-electron chi connectivity index (χ4n) is 4.58. The predicted molar refractivity (Wildman–Crippen MR) is 137 cm³/mol. The van der Waals surface area contributed by atoms with Gasteiger partial charge in [-0.05, 0) is 34.0 Å². The van der Waals surface area contributed by atoms with Gasteiger partial charge in [0.15, 0.2) is 5.78 Å². The number of ether oxygens (including phenoxy) is 1. The maximum absolute atomic E-state index is 13.8. The Morgan fingerprint density at radius 1 is 0.974 bits per heavy atom. The van der Waals surface area contributed by atoms with Crippen LogP contribution in [0.3, 0.4) is 0 Å². The number of nitrogens with zero attached hydrogens (tertiary/aromatic N) is 2. The SMILES string of the molecule is N#Cc1cc([N+](=O)[O-])ccc1NC(=O)C(=O)[C@@H](C(=O)c1ccc2ccccc2c1)[C@@H]1OCc2ccccc21. The van der Waals surface area contributed by atoms with E-state index >= 15 is 0 Å². The standard InChI is InChI=1S/C29H19N3O6/c30-15-21-14-22(32(36)37)11-12-24(21)31-29(35)27(34)25(28-23-8-4-3-7-20(23)16-38-28)26(33)19-10-9-17-5-1-2-6-18(17)13-19/h1-14,25,28H,16H2,(H,31,35)/t25-,28-/m1/s1. The number of amides is 1. The molecule has 0 saturated heterocycles. The van der Waals surface area contributed by atoms with Crippen molar-refractivity contribution in [2.75, 3.05) is 5.32 Å². The number of non-ortho nitro benzene ring substituents is 1. The van der Waals surface area contributed by atoms with Gasteiger partial charge < -0.3 is 10.1 Å². The van der Waals surface area contributed by atoms with Crippen molar-refractivity contribution in [2.45, 2.75) is 12.7 Å². The van der Waals surface area contributed by atoms with Crippen LogP contribution in [0.2, 0.25) is 0 Å². The van der Waals surface area contributed by atoms with Gasteiger partial charge in [0.2, 0.25) is 5.78 Å². The van der Waals surface area contributed by atoms with Crippen LogP contribution in [0.25, 0.3) is 10.8 Å². The van der Waals surface area contributed by atoms with Crippen LogP contribution in [0.1, 0.15) is 33.2 Å². The number of benzene rings is 4. The summed E-state index contributed by atoms with van der Waals surface area (Å²) in [4.78, 5) is 50.9. The molecule has 1 aliphatic rings. The third-order valence-electron chi connectivity index (χ3n) is 6.49. The molecule has 0 bridgehead atoms. The summed E-state index contributed by atoms with van der Waals surface area (Å²) >= 11 is 0. The van der Waals surface area contributed by atoms with Crippen LogP contribution in [0.5, 0.6) is 0 Å². The summed E-state index contributed by atoms with van der Waals surface area (Å²) in [6.45, 7) is 0.179. The second kappa shape index (κ2) is 10.0. The highest BCUT2D eigenvalue weighted by Gasteiger charge is 2.43. The van der Waals surface area contributed by atoms with Crippen molar-refractivity contribution in [1.82, 2.24) is 0 Å². The number of carbonyl (C=O) groups is 3. The number of hydrogen-bond acceptors (Lipinski definition) is 7. The molecule has 0 aromatic heterocycles. The molecule has 1 amide bonds. The minimum absolute atomic E-state index is 0.0823. The predicted octanol–water partition coefficient (Wildman–Crippen LogP) is 4.90. The molecular formula is C29H19N3O6. The number of Topliss-reactive ketones (excluding diaryl/α,β-unsaturated/α-hetero) is 2. The Morgan fingerprint density at radius 3 is 2.47 bits per heavy atom. The third kappa shape index (κ3) is 4.52. The van der Waals surface area contributed by atoms with Crippen LogP contribution in [-0.4, -0.2) is 22.4 Å². The van der Waals surface area contributed by atoms with Gasteiger partial charge in [0.1, 0.15) is 18.1 Å². The maximum atomic E-state index is 13.8. The molecule has 0 fully saturated rings.